The van der Waals surface area contributed by atoms with Crippen molar-refractivity contribution in [2.75, 3.05) is 6.54 Å². The molecule has 0 spiro atoms. The Morgan fingerprint density at radius 1 is 1.15 bits per heavy atom. The third-order valence-corrected chi connectivity index (χ3v) is 3.34. The van der Waals surface area contributed by atoms with Gasteiger partial charge in [-0.15, -0.1) is 0 Å². The maximum Gasteiger partial charge on any atom is 0.237 e. The third kappa shape index (κ3) is 3.58. The Morgan fingerprint density at radius 2 is 1.85 bits per heavy atom. The molecule has 0 aromatic heterocycles. The van der Waals surface area contributed by atoms with Crippen molar-refractivity contribution >= 4 is 16.7 Å². The molecular weight excluding hydrogens is 248 g/mol. The fourth-order valence-corrected chi connectivity index (χ4v) is 2.24. The van der Waals surface area contributed by atoms with Gasteiger partial charge in [-0.2, -0.15) is 0 Å². The zero-order valence-corrected chi connectivity index (χ0v) is 12.1. The van der Waals surface area contributed by atoms with Crippen molar-refractivity contribution in [3.63, 3.8) is 0 Å². The van der Waals surface area contributed by atoms with Crippen LogP contribution in [0.5, 0.6) is 0 Å². The van der Waals surface area contributed by atoms with Crippen LogP contribution in [0.25, 0.3) is 10.8 Å². The number of benzene rings is 2. The van der Waals surface area contributed by atoms with Crippen LogP contribution in [-0.4, -0.2) is 18.5 Å². The molecule has 3 heteroatoms. The van der Waals surface area contributed by atoms with Crippen molar-refractivity contribution in [1.29, 1.82) is 0 Å². The van der Waals surface area contributed by atoms with Crippen molar-refractivity contribution < 1.29 is 4.79 Å². The minimum atomic E-state index is -0.500. The first-order valence-electron chi connectivity index (χ1n) is 7.08. The molecule has 0 saturated heterocycles. The first-order valence-corrected chi connectivity index (χ1v) is 7.08. The van der Waals surface area contributed by atoms with E-state index in [9.17, 15) is 4.79 Å². The zero-order valence-electron chi connectivity index (χ0n) is 12.1. The second-order valence-electron chi connectivity index (χ2n) is 5.59. The van der Waals surface area contributed by atoms with Gasteiger partial charge in [0.05, 0.1) is 6.04 Å². The fourth-order valence-electron chi connectivity index (χ4n) is 2.24. The number of nitrogens with two attached hydrogens (primary N) is 1. The van der Waals surface area contributed by atoms with Gasteiger partial charge in [0.2, 0.25) is 5.91 Å². The van der Waals surface area contributed by atoms with Gasteiger partial charge in [-0.3, -0.25) is 4.79 Å². The van der Waals surface area contributed by atoms with Crippen LogP contribution < -0.4 is 11.1 Å². The monoisotopic (exact) mass is 270 g/mol. The summed E-state index contributed by atoms with van der Waals surface area (Å²) in [5.74, 6) is 0.357. The lowest BCUT2D eigenvalue weighted by Gasteiger charge is -2.15. The van der Waals surface area contributed by atoms with E-state index < -0.39 is 6.04 Å². The highest BCUT2D eigenvalue weighted by Gasteiger charge is 2.15. The lowest BCUT2D eigenvalue weighted by Crippen LogP contribution is -2.43. The Bertz CT molecular complexity index is 587. The zero-order chi connectivity index (χ0) is 14.5. The molecular formula is C17H22N2O. The van der Waals surface area contributed by atoms with E-state index in [0.717, 1.165) is 5.56 Å². The summed E-state index contributed by atoms with van der Waals surface area (Å²) >= 11 is 0. The molecule has 20 heavy (non-hydrogen) atoms. The molecule has 0 aliphatic carbocycles. The predicted octanol–water partition coefficient (Wildman–Crippen LogP) is 2.48. The lowest BCUT2D eigenvalue weighted by molar-refractivity contribution is -0.122. The normalized spacial score (nSPS) is 12.6. The van der Waals surface area contributed by atoms with Crippen LogP contribution in [0.15, 0.2) is 42.5 Å². The van der Waals surface area contributed by atoms with Crippen molar-refractivity contribution in [3.8, 4) is 0 Å². The number of amides is 1. The highest BCUT2D eigenvalue weighted by atomic mass is 16.2. The van der Waals surface area contributed by atoms with Gasteiger partial charge in [0.15, 0.2) is 0 Å². The molecule has 1 atom stereocenters. The summed E-state index contributed by atoms with van der Waals surface area (Å²) in [6.07, 6.45) is 0.561. The third-order valence-electron chi connectivity index (χ3n) is 3.34. The maximum atomic E-state index is 12.0. The number of fused-ring (bicyclic) bond motifs is 1. The number of hydrogen-bond donors (Lipinski definition) is 2. The molecule has 0 radical (unpaired) electrons. The smallest absolute Gasteiger partial charge is 0.237 e. The van der Waals surface area contributed by atoms with Crippen LogP contribution >= 0.6 is 0 Å². The number of hydrogen-bond acceptors (Lipinski definition) is 2. The van der Waals surface area contributed by atoms with E-state index >= 15 is 0 Å². The quantitative estimate of drug-likeness (QED) is 0.877. The second kappa shape index (κ2) is 6.53. The number of nitrogens with one attached hydrogen (secondary N) is 1. The van der Waals surface area contributed by atoms with Crippen molar-refractivity contribution in [1.82, 2.24) is 5.32 Å². The molecule has 1 amide bonds. The van der Waals surface area contributed by atoms with Crippen LogP contribution in [0.2, 0.25) is 0 Å². The first-order chi connectivity index (χ1) is 9.58. The molecule has 2 rings (SSSR count). The van der Waals surface area contributed by atoms with Crippen LogP contribution in [-0.2, 0) is 11.2 Å². The highest BCUT2D eigenvalue weighted by Crippen LogP contribution is 2.19. The number of carbonyl (C=O) groups excluding carboxylic acids is 1. The van der Waals surface area contributed by atoms with Gasteiger partial charge in [-0.1, -0.05) is 56.3 Å². The van der Waals surface area contributed by atoms with E-state index in [1.807, 2.05) is 24.3 Å². The minimum absolute atomic E-state index is 0.0772. The molecule has 0 unspecified atom stereocenters. The largest absolute Gasteiger partial charge is 0.354 e. The van der Waals surface area contributed by atoms with Gasteiger partial charge < -0.3 is 11.1 Å². The maximum absolute atomic E-state index is 12.0. The van der Waals surface area contributed by atoms with Gasteiger partial charge in [-0.05, 0) is 28.7 Å². The average molecular weight is 270 g/mol. The number of carbonyl (C=O) groups is 1. The Hall–Kier alpha value is -1.87. The summed E-state index contributed by atoms with van der Waals surface area (Å²) < 4.78 is 0. The summed E-state index contributed by atoms with van der Waals surface area (Å²) in [5, 5.41) is 5.24. The lowest BCUT2D eigenvalue weighted by atomic mass is 9.99. The van der Waals surface area contributed by atoms with Gasteiger partial charge >= 0.3 is 0 Å². The van der Waals surface area contributed by atoms with E-state index in [1.165, 1.54) is 10.8 Å². The fraction of sp³-hybridized carbons (Fsp3) is 0.353. The topological polar surface area (TPSA) is 55.1 Å². The van der Waals surface area contributed by atoms with E-state index in [4.69, 9.17) is 5.73 Å². The van der Waals surface area contributed by atoms with Crippen LogP contribution in [0.3, 0.4) is 0 Å². The Morgan fingerprint density at radius 3 is 2.60 bits per heavy atom. The average Bonchev–Trinajstić information content (AvgIpc) is 2.45. The Kier molecular flexibility index (Phi) is 4.74. The van der Waals surface area contributed by atoms with Gasteiger partial charge in [-0.25, -0.2) is 0 Å². The first kappa shape index (κ1) is 14.5. The van der Waals surface area contributed by atoms with Crippen LogP contribution in [0, 0.1) is 5.92 Å². The van der Waals surface area contributed by atoms with Crippen LogP contribution in [0.4, 0.5) is 0 Å². The molecule has 0 saturated carbocycles. The molecule has 0 heterocycles. The molecule has 0 fully saturated rings. The SMILES string of the molecule is CC(C)CNC(=O)[C@@H](N)Cc1cccc2ccccc12. The molecule has 106 valence electrons. The summed E-state index contributed by atoms with van der Waals surface area (Å²) in [6.45, 7) is 4.80. The molecule has 3 nitrogen and oxygen atoms in total. The van der Waals surface area contributed by atoms with Gasteiger partial charge in [0.25, 0.3) is 0 Å². The molecule has 2 aromatic carbocycles. The van der Waals surface area contributed by atoms with E-state index in [-0.39, 0.29) is 5.91 Å². The Labute approximate surface area is 120 Å². The van der Waals surface area contributed by atoms with Crippen molar-refractivity contribution in [2.45, 2.75) is 26.3 Å². The van der Waals surface area contributed by atoms with Gasteiger partial charge in [0, 0.05) is 6.54 Å². The summed E-state index contributed by atoms with van der Waals surface area (Å²) in [4.78, 5) is 12.0. The summed E-state index contributed by atoms with van der Waals surface area (Å²) in [6, 6.07) is 13.8. The number of rotatable bonds is 5. The predicted molar refractivity (Wildman–Crippen MR) is 83.5 cm³/mol. The van der Waals surface area contributed by atoms with E-state index in [1.54, 1.807) is 0 Å². The van der Waals surface area contributed by atoms with E-state index in [0.29, 0.717) is 18.9 Å². The minimum Gasteiger partial charge on any atom is -0.354 e. The standard InChI is InChI=1S/C17H22N2O/c1-12(2)11-19-17(20)16(18)10-14-8-5-7-13-6-3-4-9-15(13)14/h3-9,12,16H,10-11,18H2,1-2H3,(H,19,20)/t16-/m0/s1. The second-order valence-corrected chi connectivity index (χ2v) is 5.59. The Balaban J connectivity index is 2.10. The van der Waals surface area contributed by atoms with Crippen molar-refractivity contribution in [2.24, 2.45) is 11.7 Å². The highest BCUT2D eigenvalue weighted by molar-refractivity contribution is 5.87. The van der Waals surface area contributed by atoms with Crippen molar-refractivity contribution in [3.05, 3.63) is 48.0 Å². The van der Waals surface area contributed by atoms with Gasteiger partial charge in [0.1, 0.15) is 0 Å². The molecule has 0 bridgehead atoms. The van der Waals surface area contributed by atoms with E-state index in [2.05, 4.69) is 37.4 Å². The summed E-state index contributed by atoms with van der Waals surface area (Å²) in [7, 11) is 0. The molecule has 0 aliphatic rings. The summed E-state index contributed by atoms with van der Waals surface area (Å²) in [5.41, 5.74) is 7.14. The van der Waals surface area contributed by atoms with Crippen LogP contribution in [0.1, 0.15) is 19.4 Å². The molecule has 3 N–H and O–H groups in total. The molecule has 0 aliphatic heterocycles. The molecule has 2 aromatic rings.